The molecule has 0 aliphatic heterocycles. The number of aromatic hydroxyl groups is 1. The summed E-state index contributed by atoms with van der Waals surface area (Å²) in [6, 6.07) is 7.04. The number of phenolic OH excluding ortho intramolecular Hbond substituents is 1. The van der Waals surface area contributed by atoms with Gasteiger partial charge in [-0.15, -0.1) is 0 Å². The van der Waals surface area contributed by atoms with Crippen molar-refractivity contribution in [2.24, 2.45) is 0 Å². The third-order valence-corrected chi connectivity index (χ3v) is 2.64. The van der Waals surface area contributed by atoms with Crippen molar-refractivity contribution in [3.63, 3.8) is 0 Å². The molecule has 0 aliphatic rings. The van der Waals surface area contributed by atoms with Gasteiger partial charge in [0.15, 0.2) is 4.77 Å². The molecule has 2 rings (SSSR count). The van der Waals surface area contributed by atoms with Crippen molar-refractivity contribution < 1.29 is 5.11 Å². The zero-order valence-electron chi connectivity index (χ0n) is 8.40. The van der Waals surface area contributed by atoms with Crippen LogP contribution < -0.4 is 0 Å². The Hall–Kier alpha value is -1.55. The van der Waals surface area contributed by atoms with Crippen LogP contribution in [0.15, 0.2) is 30.5 Å². The number of hydrogen-bond acceptors (Lipinski definition) is 2. The number of aryl methyl sites for hydroxylation is 1. The molecule has 0 aliphatic carbocycles. The minimum Gasteiger partial charge on any atom is -0.508 e. The minimum absolute atomic E-state index is 0.271. The Bertz CT molecular complexity index is 510. The number of imidazole rings is 1. The number of nitrogens with zero attached hydrogens (tertiary/aromatic N) is 1. The lowest BCUT2D eigenvalue weighted by atomic mass is 10.2. The topological polar surface area (TPSA) is 41.0 Å². The van der Waals surface area contributed by atoms with Crippen LogP contribution in [0.25, 0.3) is 11.3 Å². The lowest BCUT2D eigenvalue weighted by Gasteiger charge is -1.97. The molecule has 4 heteroatoms. The number of aromatic nitrogens is 2. The van der Waals surface area contributed by atoms with Gasteiger partial charge < -0.3 is 14.7 Å². The maximum absolute atomic E-state index is 9.17. The summed E-state index contributed by atoms with van der Waals surface area (Å²) >= 11 is 5.16. The first-order chi connectivity index (χ1) is 7.20. The van der Waals surface area contributed by atoms with Crippen LogP contribution in [0.5, 0.6) is 5.75 Å². The first-order valence-electron chi connectivity index (χ1n) is 4.79. The molecule has 0 spiro atoms. The summed E-state index contributed by atoms with van der Waals surface area (Å²) in [5.74, 6) is 0.271. The van der Waals surface area contributed by atoms with Crippen molar-refractivity contribution in [2.75, 3.05) is 0 Å². The normalized spacial score (nSPS) is 10.5. The fourth-order valence-corrected chi connectivity index (χ4v) is 1.75. The highest BCUT2D eigenvalue weighted by atomic mass is 32.1. The van der Waals surface area contributed by atoms with Gasteiger partial charge in [0.1, 0.15) is 5.75 Å². The SMILES string of the molecule is CCn1cc(-c2ccc(O)cc2)[nH]c1=S. The van der Waals surface area contributed by atoms with Gasteiger partial charge in [-0.3, -0.25) is 0 Å². The van der Waals surface area contributed by atoms with Crippen molar-refractivity contribution in [1.82, 2.24) is 9.55 Å². The molecule has 0 saturated heterocycles. The van der Waals surface area contributed by atoms with Gasteiger partial charge in [0.2, 0.25) is 0 Å². The maximum atomic E-state index is 9.17. The largest absolute Gasteiger partial charge is 0.508 e. The molecule has 1 aromatic carbocycles. The van der Waals surface area contributed by atoms with E-state index in [2.05, 4.69) is 4.98 Å². The molecule has 1 aromatic heterocycles. The molecule has 0 amide bonds. The van der Waals surface area contributed by atoms with E-state index >= 15 is 0 Å². The van der Waals surface area contributed by atoms with Gasteiger partial charge >= 0.3 is 0 Å². The summed E-state index contributed by atoms with van der Waals surface area (Å²) in [5.41, 5.74) is 1.99. The molecule has 3 nitrogen and oxygen atoms in total. The van der Waals surface area contributed by atoms with Crippen molar-refractivity contribution in [1.29, 1.82) is 0 Å². The lowest BCUT2D eigenvalue weighted by Crippen LogP contribution is -1.89. The van der Waals surface area contributed by atoms with Gasteiger partial charge in [-0.2, -0.15) is 0 Å². The zero-order chi connectivity index (χ0) is 10.8. The van der Waals surface area contributed by atoms with E-state index < -0.39 is 0 Å². The number of rotatable bonds is 2. The number of benzene rings is 1. The molecule has 78 valence electrons. The number of aromatic amines is 1. The molecule has 15 heavy (non-hydrogen) atoms. The molecule has 1 heterocycles. The van der Waals surface area contributed by atoms with Gasteiger partial charge in [0.05, 0.1) is 5.69 Å². The first-order valence-corrected chi connectivity index (χ1v) is 5.20. The Kier molecular flexibility index (Phi) is 2.60. The molecular weight excluding hydrogens is 208 g/mol. The molecule has 0 saturated carbocycles. The quantitative estimate of drug-likeness (QED) is 0.764. The number of nitrogens with one attached hydrogen (secondary N) is 1. The van der Waals surface area contributed by atoms with Crippen molar-refractivity contribution in [3.8, 4) is 17.0 Å². The second-order valence-electron chi connectivity index (χ2n) is 3.31. The summed E-state index contributed by atoms with van der Waals surface area (Å²) < 4.78 is 2.69. The first kappa shape index (κ1) is 9.98. The Morgan fingerprint density at radius 3 is 2.53 bits per heavy atom. The molecule has 0 atom stereocenters. The highest BCUT2D eigenvalue weighted by molar-refractivity contribution is 7.71. The standard InChI is InChI=1S/C11H12N2OS/c1-2-13-7-10(12-11(13)15)8-3-5-9(14)6-4-8/h3-7,14H,2H2,1H3,(H,12,15). The van der Waals surface area contributed by atoms with Gasteiger partial charge in [-0.1, -0.05) is 0 Å². The smallest absolute Gasteiger partial charge is 0.177 e. The van der Waals surface area contributed by atoms with Gasteiger partial charge in [-0.25, -0.2) is 0 Å². The van der Waals surface area contributed by atoms with Crippen LogP contribution in [0.4, 0.5) is 0 Å². The van der Waals surface area contributed by atoms with Crippen LogP contribution in [-0.4, -0.2) is 14.7 Å². The molecule has 2 aromatic rings. The van der Waals surface area contributed by atoms with Crippen LogP contribution in [-0.2, 0) is 6.54 Å². The van der Waals surface area contributed by atoms with Crippen LogP contribution in [0.2, 0.25) is 0 Å². The molecule has 0 bridgehead atoms. The second kappa shape index (κ2) is 3.90. The second-order valence-corrected chi connectivity index (χ2v) is 3.69. The van der Waals surface area contributed by atoms with Crippen molar-refractivity contribution >= 4 is 12.2 Å². The molecule has 0 radical (unpaired) electrons. The summed E-state index contributed by atoms with van der Waals surface area (Å²) in [6.07, 6.45) is 1.98. The predicted molar refractivity (Wildman–Crippen MR) is 62.4 cm³/mol. The zero-order valence-corrected chi connectivity index (χ0v) is 9.21. The van der Waals surface area contributed by atoms with E-state index in [-0.39, 0.29) is 5.75 Å². The van der Waals surface area contributed by atoms with Gasteiger partial charge in [-0.05, 0) is 49.0 Å². The number of H-pyrrole nitrogens is 1. The van der Waals surface area contributed by atoms with E-state index in [0.717, 1.165) is 22.6 Å². The molecule has 0 unspecified atom stereocenters. The Labute approximate surface area is 93.0 Å². The fourth-order valence-electron chi connectivity index (χ4n) is 1.46. The average molecular weight is 220 g/mol. The van der Waals surface area contributed by atoms with Crippen LogP contribution in [0.3, 0.4) is 0 Å². The minimum atomic E-state index is 0.271. The summed E-state index contributed by atoms with van der Waals surface area (Å²) in [6.45, 7) is 2.90. The maximum Gasteiger partial charge on any atom is 0.177 e. The van der Waals surface area contributed by atoms with E-state index in [1.54, 1.807) is 12.1 Å². The molecule has 2 N–H and O–H groups in total. The van der Waals surface area contributed by atoms with E-state index in [0.29, 0.717) is 0 Å². The highest BCUT2D eigenvalue weighted by Gasteiger charge is 2.01. The summed E-state index contributed by atoms with van der Waals surface area (Å²) in [5, 5.41) is 9.17. The number of phenols is 1. The van der Waals surface area contributed by atoms with Crippen LogP contribution >= 0.6 is 12.2 Å². The van der Waals surface area contributed by atoms with Gasteiger partial charge in [0.25, 0.3) is 0 Å². The predicted octanol–water partition coefficient (Wildman–Crippen LogP) is 2.94. The van der Waals surface area contributed by atoms with E-state index in [4.69, 9.17) is 12.2 Å². The Morgan fingerprint density at radius 1 is 1.33 bits per heavy atom. The van der Waals surface area contributed by atoms with Crippen LogP contribution in [0.1, 0.15) is 6.92 Å². The summed E-state index contributed by atoms with van der Waals surface area (Å²) in [7, 11) is 0. The Balaban J connectivity index is 2.45. The fraction of sp³-hybridized carbons (Fsp3) is 0.182. The monoisotopic (exact) mass is 220 g/mol. The summed E-state index contributed by atoms with van der Waals surface area (Å²) in [4.78, 5) is 3.13. The third kappa shape index (κ3) is 1.94. The average Bonchev–Trinajstić information content (AvgIpc) is 2.61. The third-order valence-electron chi connectivity index (χ3n) is 2.31. The van der Waals surface area contributed by atoms with Crippen molar-refractivity contribution in [3.05, 3.63) is 35.2 Å². The van der Waals surface area contributed by atoms with Crippen LogP contribution in [0, 0.1) is 4.77 Å². The van der Waals surface area contributed by atoms with Gasteiger partial charge in [0, 0.05) is 12.7 Å². The number of hydrogen-bond donors (Lipinski definition) is 2. The molecule has 0 fully saturated rings. The van der Waals surface area contributed by atoms with E-state index in [9.17, 15) is 5.11 Å². The lowest BCUT2D eigenvalue weighted by molar-refractivity contribution is 0.475. The highest BCUT2D eigenvalue weighted by Crippen LogP contribution is 2.20. The molecular formula is C11H12N2OS. The van der Waals surface area contributed by atoms with E-state index in [1.807, 2.05) is 29.8 Å². The van der Waals surface area contributed by atoms with E-state index in [1.165, 1.54) is 0 Å². The Morgan fingerprint density at radius 2 is 2.00 bits per heavy atom. The van der Waals surface area contributed by atoms with Crippen molar-refractivity contribution in [2.45, 2.75) is 13.5 Å².